The summed E-state index contributed by atoms with van der Waals surface area (Å²) in [5.74, 6) is -1.55. The number of amidine groups is 1. The Hall–Kier alpha value is -3.16. The molecule has 1 fully saturated rings. The van der Waals surface area contributed by atoms with E-state index >= 15 is 0 Å². The molecule has 17 heteroatoms. The van der Waals surface area contributed by atoms with Crippen LogP contribution in [0.2, 0.25) is 0 Å². The van der Waals surface area contributed by atoms with Crippen molar-refractivity contribution in [2.45, 2.75) is 63.8 Å². The van der Waals surface area contributed by atoms with Crippen LogP contribution in [-0.4, -0.2) is 95.3 Å². The van der Waals surface area contributed by atoms with Gasteiger partial charge in [-0.1, -0.05) is 12.7 Å². The van der Waals surface area contributed by atoms with Crippen LogP contribution in [0, 0.1) is 11.3 Å². The maximum absolute atomic E-state index is 13.7. The Labute approximate surface area is 225 Å². The predicted octanol–water partition coefficient (Wildman–Crippen LogP) is -0.780. The highest BCUT2D eigenvalue weighted by Crippen LogP contribution is 2.42. The molecule has 0 unspecified atom stereocenters. The summed E-state index contributed by atoms with van der Waals surface area (Å²) in [4.78, 5) is 28.1. The predicted molar refractivity (Wildman–Crippen MR) is 137 cm³/mol. The van der Waals surface area contributed by atoms with Crippen LogP contribution in [0.5, 0.6) is 0 Å². The van der Waals surface area contributed by atoms with E-state index in [-0.39, 0.29) is 24.7 Å². The van der Waals surface area contributed by atoms with Crippen molar-refractivity contribution in [1.82, 2.24) is 15.2 Å². The second-order valence-electron chi connectivity index (χ2n) is 8.30. The Balaban J connectivity index is 2.31. The van der Waals surface area contributed by atoms with Gasteiger partial charge in [0, 0.05) is 0 Å². The van der Waals surface area contributed by atoms with E-state index < -0.39 is 62.3 Å². The molecule has 2 aliphatic rings. The van der Waals surface area contributed by atoms with Gasteiger partial charge in [-0.2, -0.15) is 10.4 Å². The molecule has 1 saturated heterocycles. The minimum Gasteiger partial charge on any atom is -0.465 e. The zero-order valence-electron chi connectivity index (χ0n) is 22.0. The van der Waals surface area contributed by atoms with E-state index in [0.717, 1.165) is 11.3 Å². The van der Waals surface area contributed by atoms with Crippen LogP contribution in [-0.2, 0) is 32.9 Å². The van der Waals surface area contributed by atoms with Gasteiger partial charge in [0.15, 0.2) is 5.84 Å². The van der Waals surface area contributed by atoms with E-state index in [2.05, 4.69) is 26.8 Å². The van der Waals surface area contributed by atoms with Crippen LogP contribution in [0.25, 0.3) is 0 Å². The van der Waals surface area contributed by atoms with Crippen molar-refractivity contribution in [2.24, 2.45) is 15.8 Å². The number of ether oxygens (including phenoxy) is 3. The van der Waals surface area contributed by atoms with Crippen molar-refractivity contribution in [3.8, 4) is 6.07 Å². The number of nitrogens with one attached hydrogen (secondary N) is 2. The highest BCUT2D eigenvalue weighted by Gasteiger charge is 2.60. The van der Waals surface area contributed by atoms with Gasteiger partial charge in [-0.25, -0.2) is 20.2 Å². The van der Waals surface area contributed by atoms with Gasteiger partial charge < -0.3 is 34.7 Å². The molecule has 2 aliphatic heterocycles. The largest absolute Gasteiger partial charge is 0.465 e. The van der Waals surface area contributed by atoms with Crippen molar-refractivity contribution >= 4 is 31.8 Å². The number of carbonyl (C=O) groups is 2. The van der Waals surface area contributed by atoms with Crippen molar-refractivity contribution in [2.75, 3.05) is 19.8 Å². The Morgan fingerprint density at radius 3 is 2.36 bits per heavy atom. The zero-order chi connectivity index (χ0) is 29.4. The number of hydrogen-bond donors (Lipinski definition) is 5. The average Bonchev–Trinajstić information content (AvgIpc) is 3.14. The molecule has 39 heavy (non-hydrogen) atoms. The Morgan fingerprint density at radius 1 is 1.31 bits per heavy atom. The number of nitrogens with zero attached hydrogens (tertiary/aromatic N) is 4. The molecule has 0 saturated carbocycles. The molecule has 0 aromatic rings. The van der Waals surface area contributed by atoms with Gasteiger partial charge in [0.2, 0.25) is 0 Å². The minimum atomic E-state index is -4.26. The first-order chi connectivity index (χ1) is 18.4. The number of hydrogen-bond acceptors (Lipinski definition) is 14. The number of aliphatic hydroxyl groups is 2. The number of carbonyl (C=O) groups excluding carboxylic acids is 2. The Morgan fingerprint density at radius 2 is 1.87 bits per heavy atom. The molecule has 0 bridgehead atoms. The maximum Gasteiger partial charge on any atom is 0.342 e. The van der Waals surface area contributed by atoms with E-state index in [9.17, 15) is 29.6 Å². The van der Waals surface area contributed by atoms with Crippen LogP contribution in [0.3, 0.4) is 0 Å². The molecular weight excluding hydrogens is 537 g/mol. The first-order valence-corrected chi connectivity index (χ1v) is 13.6. The number of allylic oxidation sites excluding steroid dienone is 2. The fourth-order valence-corrected chi connectivity index (χ4v) is 5.41. The minimum absolute atomic E-state index is 0.0578. The van der Waals surface area contributed by atoms with Crippen LogP contribution in [0.4, 0.5) is 0 Å². The fraction of sp³-hybridized carbons (Fsp3) is 0.591. The number of aliphatic imine (C=N–C) groups is 1. The van der Waals surface area contributed by atoms with Crippen LogP contribution < -0.4 is 15.9 Å². The van der Waals surface area contributed by atoms with E-state index in [4.69, 9.17) is 24.5 Å². The highest BCUT2D eigenvalue weighted by molar-refractivity contribution is 7.54. The molecule has 0 spiro atoms. The topological polar surface area (TPSA) is 230 Å². The Bertz CT molecular complexity index is 1080. The molecule has 0 radical (unpaired) electrons. The highest BCUT2D eigenvalue weighted by atomic mass is 31.2. The van der Waals surface area contributed by atoms with Crippen molar-refractivity contribution in [1.29, 1.82) is 5.26 Å². The lowest BCUT2D eigenvalue weighted by atomic mass is 10.0. The number of aliphatic hydroxyl groups excluding tert-OH is 2. The third kappa shape index (κ3) is 7.28. The lowest BCUT2D eigenvalue weighted by Crippen LogP contribution is -2.55. The Kier molecular flexibility index (Phi) is 11.3. The summed E-state index contributed by atoms with van der Waals surface area (Å²) < 4.78 is 34.8. The first kappa shape index (κ1) is 32.1. The lowest BCUT2D eigenvalue weighted by molar-refractivity contribution is -0.145. The third-order valence-electron chi connectivity index (χ3n) is 5.47. The molecule has 6 atom stereocenters. The number of nitriles is 1. The summed E-state index contributed by atoms with van der Waals surface area (Å²) in [6, 6.07) is -0.490. The molecule has 216 valence electrons. The van der Waals surface area contributed by atoms with Gasteiger partial charge in [-0.05, 0) is 33.8 Å². The van der Waals surface area contributed by atoms with Gasteiger partial charge in [0.25, 0.3) is 5.72 Å². The quantitative estimate of drug-likeness (QED) is 0.135. The molecular formula is C22H34N7O9P. The molecule has 16 nitrogen and oxygen atoms in total. The summed E-state index contributed by atoms with van der Waals surface area (Å²) in [6.07, 6.45) is -1.30. The maximum atomic E-state index is 13.7. The third-order valence-corrected chi connectivity index (χ3v) is 7.44. The second kappa shape index (κ2) is 13.8. The molecule has 2 heterocycles. The van der Waals surface area contributed by atoms with Crippen molar-refractivity contribution in [3.63, 3.8) is 0 Å². The number of nitrogens with two attached hydrogens (primary N) is 1. The number of hydrazone groups is 1. The van der Waals surface area contributed by atoms with E-state index in [1.54, 1.807) is 19.9 Å². The SMILES string of the molecule is C=C/C=C1/C(N)=NC=NN1[C@]1(C#N)O[C@H](COP(=O)(N[C@@H](C)C(=O)OCC)N[C@@H](C)C(=O)OCC)[C@@H](O)[C@H]1O. The molecule has 0 aromatic carbocycles. The molecule has 0 aromatic heterocycles. The van der Waals surface area contributed by atoms with E-state index in [1.807, 2.05) is 0 Å². The van der Waals surface area contributed by atoms with Gasteiger partial charge in [0.1, 0.15) is 48.5 Å². The first-order valence-electron chi connectivity index (χ1n) is 12.0. The smallest absolute Gasteiger partial charge is 0.342 e. The van der Waals surface area contributed by atoms with Crippen molar-refractivity contribution in [3.05, 3.63) is 24.4 Å². The average molecular weight is 572 g/mol. The van der Waals surface area contributed by atoms with Gasteiger partial charge in [0.05, 0.1) is 19.8 Å². The summed E-state index contributed by atoms with van der Waals surface area (Å²) in [6.45, 7) is 8.94. The number of rotatable bonds is 13. The summed E-state index contributed by atoms with van der Waals surface area (Å²) >= 11 is 0. The summed E-state index contributed by atoms with van der Waals surface area (Å²) in [5.41, 5.74) is 3.66. The fourth-order valence-electron chi connectivity index (χ4n) is 3.60. The normalized spacial score (nSPS) is 27.4. The van der Waals surface area contributed by atoms with Crippen molar-refractivity contribution < 1.29 is 43.1 Å². The van der Waals surface area contributed by atoms with Gasteiger partial charge >= 0.3 is 19.6 Å². The van der Waals surface area contributed by atoms with Crippen LogP contribution >= 0.6 is 7.67 Å². The second-order valence-corrected chi connectivity index (χ2v) is 10.2. The van der Waals surface area contributed by atoms with Gasteiger partial charge in [-0.15, -0.1) is 0 Å². The van der Waals surface area contributed by atoms with Gasteiger partial charge in [-0.3, -0.25) is 14.2 Å². The zero-order valence-corrected chi connectivity index (χ0v) is 22.9. The van der Waals surface area contributed by atoms with E-state index in [1.165, 1.54) is 26.0 Å². The molecule has 0 amide bonds. The monoisotopic (exact) mass is 571 g/mol. The standard InChI is InChI=1S/C22H34N7O9P/c1-6-9-15-19(24)25-12-26-29(15)22(11-23)18(31)17(30)16(38-22)10-37-39(34,27-13(4)20(32)35-7-2)28-14(5)21(33)36-8-3/h6,9,12-14,16-18,30-31H,1,7-8,10H2,2-5H3,(H2,24,25,26)(H2,27,28,34)/b15-9-/t13-,14-,16+,17+,18+,22+/m0/s1. The summed E-state index contributed by atoms with van der Waals surface area (Å²) in [5, 5.41) is 41.5. The molecule has 2 rings (SSSR count). The lowest BCUT2D eigenvalue weighted by Gasteiger charge is -2.36. The molecule has 0 aliphatic carbocycles. The number of esters is 2. The van der Waals surface area contributed by atoms with E-state index in [0.29, 0.717) is 0 Å². The molecule has 6 N–H and O–H groups in total. The van der Waals surface area contributed by atoms with Crippen LogP contribution in [0.1, 0.15) is 27.7 Å². The van der Waals surface area contributed by atoms with Crippen LogP contribution in [0.15, 0.2) is 34.5 Å². The summed E-state index contributed by atoms with van der Waals surface area (Å²) in [7, 11) is -4.26.